The highest BCUT2D eigenvalue weighted by molar-refractivity contribution is 5.81. The summed E-state index contributed by atoms with van der Waals surface area (Å²) in [5.74, 6) is -1.38. The zero-order valence-corrected chi connectivity index (χ0v) is 8.99. The average molecular weight is 227 g/mol. The molecular weight excluding hydrogens is 214 g/mol. The van der Waals surface area contributed by atoms with Gasteiger partial charge in [0.05, 0.1) is 18.1 Å². The molecule has 1 atom stereocenters. The number of primary amides is 1. The highest BCUT2D eigenvalue weighted by atomic mass is 16.5. The Morgan fingerprint density at radius 3 is 2.56 bits per heavy atom. The van der Waals surface area contributed by atoms with Crippen LogP contribution in [0.3, 0.4) is 0 Å². The monoisotopic (exact) mass is 227 g/mol. The van der Waals surface area contributed by atoms with Crippen molar-refractivity contribution in [3.05, 3.63) is 32.1 Å². The first kappa shape index (κ1) is 12.2. The van der Waals surface area contributed by atoms with Gasteiger partial charge in [0, 0.05) is 12.8 Å². The van der Waals surface area contributed by atoms with Crippen LogP contribution in [-0.4, -0.2) is 23.0 Å². The Hall–Kier alpha value is -1.89. The number of H-pyrrole nitrogens is 2. The third-order valence-electron chi connectivity index (χ3n) is 2.22. The van der Waals surface area contributed by atoms with E-state index < -0.39 is 23.1 Å². The first-order chi connectivity index (χ1) is 7.47. The quantitative estimate of drug-likeness (QED) is 0.598. The number of ether oxygens (including phenoxy) is 1. The van der Waals surface area contributed by atoms with E-state index in [-0.39, 0.29) is 17.9 Å². The topological polar surface area (TPSA) is 118 Å². The molecule has 0 saturated carbocycles. The van der Waals surface area contributed by atoms with Gasteiger partial charge < -0.3 is 15.5 Å². The van der Waals surface area contributed by atoms with Gasteiger partial charge in [0.1, 0.15) is 0 Å². The van der Waals surface area contributed by atoms with Crippen LogP contribution in [0.15, 0.2) is 9.59 Å². The molecule has 16 heavy (non-hydrogen) atoms. The van der Waals surface area contributed by atoms with E-state index in [0.29, 0.717) is 0 Å². The summed E-state index contributed by atoms with van der Waals surface area (Å²) >= 11 is 0. The van der Waals surface area contributed by atoms with E-state index in [1.54, 1.807) is 0 Å². The van der Waals surface area contributed by atoms with Crippen molar-refractivity contribution in [2.24, 2.45) is 5.73 Å². The third kappa shape index (κ3) is 2.37. The van der Waals surface area contributed by atoms with E-state index in [9.17, 15) is 14.4 Å². The van der Waals surface area contributed by atoms with Crippen LogP contribution in [0.25, 0.3) is 0 Å². The lowest BCUT2D eigenvalue weighted by atomic mass is 10.0. The number of hydrogen-bond acceptors (Lipinski definition) is 4. The van der Waals surface area contributed by atoms with Gasteiger partial charge in [-0.2, -0.15) is 0 Å². The number of aromatic amines is 2. The van der Waals surface area contributed by atoms with Crippen molar-refractivity contribution >= 4 is 5.91 Å². The molecule has 1 rings (SSSR count). The molecular formula is C9H13N3O4. The molecule has 88 valence electrons. The summed E-state index contributed by atoms with van der Waals surface area (Å²) in [6.45, 7) is 1.51. The summed E-state index contributed by atoms with van der Waals surface area (Å²) < 4.78 is 4.82. The van der Waals surface area contributed by atoms with Crippen LogP contribution in [-0.2, 0) is 16.1 Å². The maximum absolute atomic E-state index is 11.5. The van der Waals surface area contributed by atoms with Gasteiger partial charge in [-0.3, -0.25) is 14.6 Å². The maximum Gasteiger partial charge on any atom is 0.325 e. The molecule has 1 amide bonds. The first-order valence-corrected chi connectivity index (χ1v) is 4.61. The van der Waals surface area contributed by atoms with E-state index in [1.165, 1.54) is 14.0 Å². The van der Waals surface area contributed by atoms with Gasteiger partial charge >= 0.3 is 5.69 Å². The first-order valence-electron chi connectivity index (χ1n) is 4.61. The molecule has 0 aliphatic carbocycles. The van der Waals surface area contributed by atoms with E-state index in [1.807, 2.05) is 0 Å². The molecule has 7 heteroatoms. The Kier molecular flexibility index (Phi) is 3.62. The van der Waals surface area contributed by atoms with Gasteiger partial charge in [0.2, 0.25) is 5.91 Å². The van der Waals surface area contributed by atoms with Crippen LogP contribution >= 0.6 is 0 Å². The number of rotatable bonds is 4. The van der Waals surface area contributed by atoms with Crippen LogP contribution in [0.4, 0.5) is 0 Å². The summed E-state index contributed by atoms with van der Waals surface area (Å²) in [7, 11) is 1.41. The van der Waals surface area contributed by atoms with Crippen molar-refractivity contribution in [2.45, 2.75) is 19.4 Å². The van der Waals surface area contributed by atoms with Gasteiger partial charge in [0.25, 0.3) is 5.56 Å². The minimum Gasteiger partial charge on any atom is -0.380 e. The Labute approximate surface area is 90.6 Å². The summed E-state index contributed by atoms with van der Waals surface area (Å²) in [5.41, 5.74) is 4.27. The molecule has 0 spiro atoms. The fourth-order valence-corrected chi connectivity index (χ4v) is 1.33. The van der Waals surface area contributed by atoms with E-state index in [0.717, 1.165) is 0 Å². The molecule has 7 nitrogen and oxygen atoms in total. The predicted molar refractivity (Wildman–Crippen MR) is 56.0 cm³/mol. The number of methoxy groups -OCH3 is 1. The van der Waals surface area contributed by atoms with Crippen LogP contribution in [0, 0.1) is 0 Å². The minimum absolute atomic E-state index is 0.000926. The van der Waals surface area contributed by atoms with Crippen LogP contribution in [0.1, 0.15) is 24.1 Å². The SMILES string of the molecule is COCc1c(C(C)C(N)=O)[nH]c(=O)[nH]c1=O. The van der Waals surface area contributed by atoms with Gasteiger partial charge in [-0.1, -0.05) is 0 Å². The number of amides is 1. The lowest BCUT2D eigenvalue weighted by Gasteiger charge is -2.11. The average Bonchev–Trinajstić information content (AvgIpc) is 2.20. The van der Waals surface area contributed by atoms with E-state index in [4.69, 9.17) is 10.5 Å². The molecule has 0 aromatic carbocycles. The normalized spacial score (nSPS) is 12.4. The van der Waals surface area contributed by atoms with Gasteiger partial charge in [-0.05, 0) is 6.92 Å². The van der Waals surface area contributed by atoms with Crippen molar-refractivity contribution in [3.8, 4) is 0 Å². The highest BCUT2D eigenvalue weighted by Gasteiger charge is 2.19. The molecule has 0 fully saturated rings. The molecule has 0 aliphatic rings. The largest absolute Gasteiger partial charge is 0.380 e. The van der Waals surface area contributed by atoms with E-state index in [2.05, 4.69) is 9.97 Å². The zero-order valence-electron chi connectivity index (χ0n) is 8.99. The molecule has 4 N–H and O–H groups in total. The number of carbonyl (C=O) groups is 1. The fourth-order valence-electron chi connectivity index (χ4n) is 1.33. The highest BCUT2D eigenvalue weighted by Crippen LogP contribution is 2.13. The Morgan fingerprint density at radius 1 is 1.44 bits per heavy atom. The fraction of sp³-hybridized carbons (Fsp3) is 0.444. The lowest BCUT2D eigenvalue weighted by molar-refractivity contribution is -0.119. The summed E-state index contributed by atoms with van der Waals surface area (Å²) in [6, 6.07) is 0. The van der Waals surface area contributed by atoms with Gasteiger partial charge in [0.15, 0.2) is 0 Å². The molecule has 0 aliphatic heterocycles. The molecule has 1 heterocycles. The van der Waals surface area contributed by atoms with Gasteiger partial charge in [-0.25, -0.2) is 4.79 Å². The number of nitrogens with two attached hydrogens (primary N) is 1. The summed E-state index contributed by atoms with van der Waals surface area (Å²) in [6.07, 6.45) is 0. The second kappa shape index (κ2) is 4.75. The van der Waals surface area contributed by atoms with Crippen LogP contribution in [0.2, 0.25) is 0 Å². The maximum atomic E-state index is 11.5. The van der Waals surface area contributed by atoms with Crippen molar-refractivity contribution in [1.82, 2.24) is 9.97 Å². The molecule has 1 unspecified atom stereocenters. The molecule has 0 saturated heterocycles. The zero-order chi connectivity index (χ0) is 12.3. The summed E-state index contributed by atoms with van der Waals surface area (Å²) in [5, 5.41) is 0. The molecule has 1 aromatic heterocycles. The summed E-state index contributed by atoms with van der Waals surface area (Å²) in [4.78, 5) is 38.0. The number of aromatic nitrogens is 2. The molecule has 1 aromatic rings. The standard InChI is InChI=1S/C9H13N3O4/c1-4(7(10)13)6-5(3-16-2)8(14)12-9(15)11-6/h4H,3H2,1-2H3,(H2,10,13)(H2,11,12,14,15). The lowest BCUT2D eigenvalue weighted by Crippen LogP contribution is -2.32. The van der Waals surface area contributed by atoms with E-state index >= 15 is 0 Å². The second-order valence-corrected chi connectivity index (χ2v) is 3.36. The second-order valence-electron chi connectivity index (χ2n) is 3.36. The molecule has 0 bridgehead atoms. The third-order valence-corrected chi connectivity index (χ3v) is 2.22. The minimum atomic E-state index is -0.750. The molecule has 0 radical (unpaired) electrons. The van der Waals surface area contributed by atoms with Crippen molar-refractivity contribution in [3.63, 3.8) is 0 Å². The smallest absolute Gasteiger partial charge is 0.325 e. The number of nitrogens with one attached hydrogen (secondary N) is 2. The van der Waals surface area contributed by atoms with Crippen LogP contribution in [0.5, 0.6) is 0 Å². The number of carbonyl (C=O) groups excluding carboxylic acids is 1. The Bertz CT molecular complexity index is 502. The van der Waals surface area contributed by atoms with Crippen molar-refractivity contribution in [1.29, 1.82) is 0 Å². The number of hydrogen-bond donors (Lipinski definition) is 3. The van der Waals surface area contributed by atoms with Crippen molar-refractivity contribution < 1.29 is 9.53 Å². The predicted octanol–water partition coefficient (Wildman–Crippen LogP) is -1.20. The van der Waals surface area contributed by atoms with Crippen LogP contribution < -0.4 is 17.0 Å². The van der Waals surface area contributed by atoms with Crippen molar-refractivity contribution in [2.75, 3.05) is 7.11 Å². The Morgan fingerprint density at radius 2 is 2.06 bits per heavy atom. The van der Waals surface area contributed by atoms with Gasteiger partial charge in [-0.15, -0.1) is 0 Å². The Balaban J connectivity index is 3.40.